The van der Waals surface area contributed by atoms with E-state index in [1.165, 1.54) is 0 Å². The Morgan fingerprint density at radius 3 is 2.64 bits per heavy atom. The van der Waals surface area contributed by atoms with Gasteiger partial charge in [-0.1, -0.05) is 23.4 Å². The molecule has 0 aliphatic heterocycles. The molecule has 0 atom stereocenters. The van der Waals surface area contributed by atoms with Gasteiger partial charge in [0.15, 0.2) is 0 Å². The van der Waals surface area contributed by atoms with Gasteiger partial charge in [0.25, 0.3) is 5.91 Å². The van der Waals surface area contributed by atoms with E-state index in [0.29, 0.717) is 17.9 Å². The van der Waals surface area contributed by atoms with Crippen LogP contribution in [0, 0.1) is 20.8 Å². The number of carbonyl (C=O) groups excluding carboxylic acids is 1. The Morgan fingerprint density at radius 2 is 1.92 bits per heavy atom. The van der Waals surface area contributed by atoms with E-state index < -0.39 is 0 Å². The highest BCUT2D eigenvalue weighted by Gasteiger charge is 2.11. The monoisotopic (exact) mass is 336 g/mol. The number of amides is 1. The Hall–Kier alpha value is -3.08. The number of aromatic nitrogens is 1. The number of ether oxygens (including phenoxy) is 1. The molecule has 128 valence electrons. The molecule has 0 spiro atoms. The standard InChI is InChI=1S/C20H20N2O3/c1-13-6-4-8-17(10-13)21-20(23)16-7-5-9-18(11-16)24-12-19-14(2)22-25-15(19)3/h4-11H,12H2,1-3H3,(H,21,23). The van der Waals surface area contributed by atoms with E-state index in [-0.39, 0.29) is 5.91 Å². The molecule has 0 bridgehead atoms. The predicted octanol–water partition coefficient (Wildman–Crippen LogP) is 4.43. The molecule has 1 aromatic heterocycles. The molecule has 5 heteroatoms. The molecule has 0 saturated carbocycles. The van der Waals surface area contributed by atoms with E-state index >= 15 is 0 Å². The summed E-state index contributed by atoms with van der Waals surface area (Å²) in [6, 6.07) is 14.8. The van der Waals surface area contributed by atoms with Crippen molar-refractivity contribution in [2.24, 2.45) is 0 Å². The Balaban J connectivity index is 1.69. The number of nitrogens with one attached hydrogen (secondary N) is 1. The first-order chi connectivity index (χ1) is 12.0. The van der Waals surface area contributed by atoms with Crippen molar-refractivity contribution in [3.05, 3.63) is 76.7 Å². The lowest BCUT2D eigenvalue weighted by molar-refractivity contribution is 0.102. The van der Waals surface area contributed by atoms with Gasteiger partial charge in [0, 0.05) is 11.3 Å². The van der Waals surface area contributed by atoms with Crippen molar-refractivity contribution in [2.75, 3.05) is 5.32 Å². The van der Waals surface area contributed by atoms with Crippen LogP contribution >= 0.6 is 0 Å². The Labute approximate surface area is 146 Å². The maximum Gasteiger partial charge on any atom is 0.255 e. The maximum atomic E-state index is 12.4. The molecule has 0 saturated heterocycles. The highest BCUT2D eigenvalue weighted by atomic mass is 16.5. The molecular formula is C20H20N2O3. The molecule has 3 aromatic rings. The Morgan fingerprint density at radius 1 is 1.12 bits per heavy atom. The van der Waals surface area contributed by atoms with Gasteiger partial charge in [0.05, 0.1) is 11.3 Å². The first-order valence-electron chi connectivity index (χ1n) is 8.05. The highest BCUT2D eigenvalue weighted by Crippen LogP contribution is 2.19. The lowest BCUT2D eigenvalue weighted by atomic mass is 10.1. The number of anilines is 1. The number of rotatable bonds is 5. The van der Waals surface area contributed by atoms with Crippen molar-refractivity contribution in [3.63, 3.8) is 0 Å². The van der Waals surface area contributed by atoms with Crippen molar-refractivity contribution in [1.29, 1.82) is 0 Å². The number of nitrogens with zero attached hydrogens (tertiary/aromatic N) is 1. The number of carbonyl (C=O) groups is 1. The summed E-state index contributed by atoms with van der Waals surface area (Å²) in [7, 11) is 0. The molecule has 3 rings (SSSR count). The third-order valence-corrected chi connectivity index (χ3v) is 3.94. The quantitative estimate of drug-likeness (QED) is 0.748. The maximum absolute atomic E-state index is 12.4. The van der Waals surface area contributed by atoms with E-state index in [1.54, 1.807) is 18.2 Å². The fourth-order valence-electron chi connectivity index (χ4n) is 2.52. The normalized spacial score (nSPS) is 10.5. The zero-order valence-corrected chi connectivity index (χ0v) is 14.5. The van der Waals surface area contributed by atoms with Crippen molar-refractivity contribution in [2.45, 2.75) is 27.4 Å². The van der Waals surface area contributed by atoms with Crippen LogP contribution in [0.15, 0.2) is 53.1 Å². The molecule has 25 heavy (non-hydrogen) atoms. The Kier molecular flexibility index (Phi) is 4.84. The van der Waals surface area contributed by atoms with Gasteiger partial charge < -0.3 is 14.6 Å². The number of aryl methyl sites for hydroxylation is 3. The van der Waals surface area contributed by atoms with Crippen LogP contribution in [0.25, 0.3) is 0 Å². The first kappa shape index (κ1) is 16.8. The van der Waals surface area contributed by atoms with Crippen LogP contribution in [0.5, 0.6) is 5.75 Å². The summed E-state index contributed by atoms with van der Waals surface area (Å²) in [6.45, 7) is 6.06. The number of benzene rings is 2. The second kappa shape index (κ2) is 7.21. The minimum atomic E-state index is -0.173. The minimum Gasteiger partial charge on any atom is -0.489 e. The van der Waals surface area contributed by atoms with Gasteiger partial charge in [-0.15, -0.1) is 0 Å². The van der Waals surface area contributed by atoms with E-state index in [0.717, 1.165) is 28.3 Å². The zero-order valence-electron chi connectivity index (χ0n) is 14.5. The average Bonchev–Trinajstić information content (AvgIpc) is 2.91. The zero-order chi connectivity index (χ0) is 17.8. The third-order valence-electron chi connectivity index (χ3n) is 3.94. The fourth-order valence-corrected chi connectivity index (χ4v) is 2.52. The van der Waals surface area contributed by atoms with Crippen LogP contribution in [0.1, 0.15) is 32.9 Å². The van der Waals surface area contributed by atoms with Gasteiger partial charge in [-0.2, -0.15) is 0 Å². The smallest absolute Gasteiger partial charge is 0.255 e. The fraction of sp³-hybridized carbons (Fsp3) is 0.200. The molecular weight excluding hydrogens is 316 g/mol. The van der Waals surface area contributed by atoms with Gasteiger partial charge in [0.2, 0.25) is 0 Å². The summed E-state index contributed by atoms with van der Waals surface area (Å²) in [4.78, 5) is 12.4. The molecule has 0 aliphatic rings. The van der Waals surface area contributed by atoms with Crippen molar-refractivity contribution in [3.8, 4) is 5.75 Å². The summed E-state index contributed by atoms with van der Waals surface area (Å²) in [5, 5.41) is 6.80. The van der Waals surface area contributed by atoms with Gasteiger partial charge in [-0.05, 0) is 56.7 Å². The average molecular weight is 336 g/mol. The van der Waals surface area contributed by atoms with Crippen molar-refractivity contribution in [1.82, 2.24) is 5.16 Å². The SMILES string of the molecule is Cc1cccc(NC(=O)c2cccc(OCc3c(C)noc3C)c2)c1. The lowest BCUT2D eigenvalue weighted by Crippen LogP contribution is -2.12. The first-order valence-corrected chi connectivity index (χ1v) is 8.05. The second-order valence-electron chi connectivity index (χ2n) is 5.94. The summed E-state index contributed by atoms with van der Waals surface area (Å²) >= 11 is 0. The topological polar surface area (TPSA) is 64.4 Å². The molecule has 0 radical (unpaired) electrons. The van der Waals surface area contributed by atoms with Gasteiger partial charge in [-0.3, -0.25) is 4.79 Å². The van der Waals surface area contributed by atoms with Crippen LogP contribution < -0.4 is 10.1 Å². The predicted molar refractivity (Wildman–Crippen MR) is 95.9 cm³/mol. The summed E-state index contributed by atoms with van der Waals surface area (Å²) in [6.07, 6.45) is 0. The molecule has 1 amide bonds. The van der Waals surface area contributed by atoms with Crippen molar-refractivity contribution < 1.29 is 14.1 Å². The molecule has 2 aromatic carbocycles. The minimum absolute atomic E-state index is 0.173. The van der Waals surface area contributed by atoms with E-state index in [4.69, 9.17) is 9.26 Å². The molecule has 0 aliphatic carbocycles. The lowest BCUT2D eigenvalue weighted by Gasteiger charge is -2.09. The van der Waals surface area contributed by atoms with Gasteiger partial charge in [0.1, 0.15) is 18.1 Å². The molecule has 0 fully saturated rings. The van der Waals surface area contributed by atoms with E-state index in [9.17, 15) is 4.79 Å². The van der Waals surface area contributed by atoms with Gasteiger partial charge >= 0.3 is 0 Å². The van der Waals surface area contributed by atoms with Gasteiger partial charge in [-0.25, -0.2) is 0 Å². The number of hydrogen-bond acceptors (Lipinski definition) is 4. The van der Waals surface area contributed by atoms with Crippen LogP contribution in [-0.4, -0.2) is 11.1 Å². The molecule has 0 unspecified atom stereocenters. The largest absolute Gasteiger partial charge is 0.489 e. The van der Waals surface area contributed by atoms with Crippen LogP contribution in [0.4, 0.5) is 5.69 Å². The van der Waals surface area contributed by atoms with E-state index in [1.807, 2.05) is 51.1 Å². The Bertz CT molecular complexity index is 880. The highest BCUT2D eigenvalue weighted by molar-refractivity contribution is 6.04. The van der Waals surface area contributed by atoms with Crippen molar-refractivity contribution >= 4 is 11.6 Å². The second-order valence-corrected chi connectivity index (χ2v) is 5.94. The molecule has 5 nitrogen and oxygen atoms in total. The summed E-state index contributed by atoms with van der Waals surface area (Å²) in [5.41, 5.74) is 4.14. The molecule has 1 N–H and O–H groups in total. The third kappa shape index (κ3) is 4.07. The van der Waals surface area contributed by atoms with Crippen LogP contribution in [0.2, 0.25) is 0 Å². The molecule has 1 heterocycles. The summed E-state index contributed by atoms with van der Waals surface area (Å²) in [5.74, 6) is 1.19. The number of hydrogen-bond donors (Lipinski definition) is 1. The van der Waals surface area contributed by atoms with Crippen LogP contribution in [-0.2, 0) is 6.61 Å². The van der Waals surface area contributed by atoms with Crippen LogP contribution in [0.3, 0.4) is 0 Å². The van der Waals surface area contributed by atoms with E-state index in [2.05, 4.69) is 10.5 Å². The summed E-state index contributed by atoms with van der Waals surface area (Å²) < 4.78 is 10.9.